The molecule has 0 aliphatic carbocycles. The minimum Gasteiger partial charge on any atom is -0.449 e. The number of fused-ring (bicyclic) bond motifs is 1. The summed E-state index contributed by atoms with van der Waals surface area (Å²) in [7, 11) is 0. The number of para-hydroxylation sites is 1. The van der Waals surface area contributed by atoms with Crippen molar-refractivity contribution in [3.63, 3.8) is 0 Å². The smallest absolute Gasteiger partial charge is 0.409 e. The van der Waals surface area contributed by atoms with Crippen LogP contribution in [0.5, 0.6) is 0 Å². The van der Waals surface area contributed by atoms with E-state index in [-0.39, 0.29) is 6.09 Å². The molecule has 0 spiro atoms. The highest BCUT2D eigenvalue weighted by atomic mass is 16.6. The van der Waals surface area contributed by atoms with Gasteiger partial charge < -0.3 is 14.6 Å². The summed E-state index contributed by atoms with van der Waals surface area (Å²) in [5, 5.41) is 1.32. The number of hydrogen-bond acceptors (Lipinski definition) is 3. The number of piperidine rings is 1. The van der Waals surface area contributed by atoms with Crippen LogP contribution in [0.3, 0.4) is 0 Å². The molecule has 2 aliphatic heterocycles. The Morgan fingerprint density at radius 1 is 1.21 bits per heavy atom. The lowest BCUT2D eigenvalue weighted by Crippen LogP contribution is -2.48. The first-order valence-corrected chi connectivity index (χ1v) is 10.5. The van der Waals surface area contributed by atoms with E-state index in [1.807, 2.05) is 4.90 Å². The van der Waals surface area contributed by atoms with Crippen LogP contribution in [0, 0.1) is 5.92 Å². The summed E-state index contributed by atoms with van der Waals surface area (Å²) in [6, 6.07) is 9.08. The summed E-state index contributed by atoms with van der Waals surface area (Å²) in [6.45, 7) is 8.33. The molecule has 2 aliphatic rings. The van der Waals surface area contributed by atoms with Gasteiger partial charge in [0.1, 0.15) is 0 Å². The maximum atomic E-state index is 12.1. The minimum absolute atomic E-state index is 0.146. The van der Waals surface area contributed by atoms with Gasteiger partial charge in [-0.3, -0.25) is 4.90 Å². The first kappa shape index (κ1) is 19.1. The van der Waals surface area contributed by atoms with Gasteiger partial charge in [0.15, 0.2) is 0 Å². The van der Waals surface area contributed by atoms with Crippen molar-refractivity contribution in [3.05, 3.63) is 42.1 Å². The van der Waals surface area contributed by atoms with Gasteiger partial charge in [-0.15, -0.1) is 0 Å². The van der Waals surface area contributed by atoms with Crippen molar-refractivity contribution in [1.29, 1.82) is 0 Å². The standard InChI is InChI=1S/C23H31N3O2/c1-17(2)16-28-23(27)26-13-9-19(10-14-26)25-11-7-18(8-12-25)21-15-24-22-6-4-3-5-20(21)22/h3-7,15,17,19,24H,8-14,16H2,1-2H3. The van der Waals surface area contributed by atoms with Crippen LogP contribution in [0.4, 0.5) is 4.79 Å². The molecule has 1 aromatic carbocycles. The molecule has 1 saturated heterocycles. The zero-order valence-corrected chi connectivity index (χ0v) is 17.0. The Morgan fingerprint density at radius 2 is 2.00 bits per heavy atom. The van der Waals surface area contributed by atoms with Crippen molar-refractivity contribution >= 4 is 22.6 Å². The van der Waals surface area contributed by atoms with E-state index in [2.05, 4.69) is 60.3 Å². The molecule has 1 fully saturated rings. The molecular weight excluding hydrogens is 350 g/mol. The van der Waals surface area contributed by atoms with Crippen molar-refractivity contribution in [2.75, 3.05) is 32.8 Å². The lowest BCUT2D eigenvalue weighted by molar-refractivity contribution is 0.0678. The maximum Gasteiger partial charge on any atom is 0.409 e. The van der Waals surface area contributed by atoms with Crippen LogP contribution in [0.25, 0.3) is 16.5 Å². The van der Waals surface area contributed by atoms with Crippen LogP contribution in [-0.4, -0.2) is 59.7 Å². The van der Waals surface area contributed by atoms with Crippen molar-refractivity contribution in [1.82, 2.24) is 14.8 Å². The highest BCUT2D eigenvalue weighted by molar-refractivity contribution is 5.92. The number of hydrogen-bond donors (Lipinski definition) is 1. The number of carbonyl (C=O) groups excluding carboxylic acids is 1. The second-order valence-corrected chi connectivity index (χ2v) is 8.41. The Morgan fingerprint density at radius 3 is 2.71 bits per heavy atom. The lowest BCUT2D eigenvalue weighted by Gasteiger charge is -2.39. The SMILES string of the molecule is CC(C)COC(=O)N1CCC(N2CC=C(c3c[nH]c4ccccc34)CC2)CC1. The van der Waals surface area contributed by atoms with Crippen molar-refractivity contribution in [3.8, 4) is 0 Å². The molecule has 0 bridgehead atoms. The van der Waals surface area contributed by atoms with E-state index in [1.54, 1.807) is 0 Å². The number of benzene rings is 1. The average molecular weight is 382 g/mol. The Balaban J connectivity index is 1.31. The molecule has 150 valence electrons. The van der Waals surface area contributed by atoms with Crippen LogP contribution in [-0.2, 0) is 4.74 Å². The predicted molar refractivity (Wildman–Crippen MR) is 113 cm³/mol. The topological polar surface area (TPSA) is 48.6 Å². The summed E-state index contributed by atoms with van der Waals surface area (Å²) in [4.78, 5) is 20.0. The normalized spacial score (nSPS) is 19.2. The Labute approximate surface area is 167 Å². The molecule has 0 unspecified atom stereocenters. The molecule has 1 N–H and O–H groups in total. The van der Waals surface area contributed by atoms with E-state index in [0.717, 1.165) is 45.4 Å². The second kappa shape index (κ2) is 8.39. The first-order valence-electron chi connectivity index (χ1n) is 10.5. The Bertz CT molecular complexity index is 846. The van der Waals surface area contributed by atoms with Crippen LogP contribution >= 0.6 is 0 Å². The number of aromatic amines is 1. The van der Waals surface area contributed by atoms with E-state index in [4.69, 9.17) is 4.74 Å². The van der Waals surface area contributed by atoms with Crippen LogP contribution < -0.4 is 0 Å². The summed E-state index contributed by atoms with van der Waals surface area (Å²) in [5.41, 5.74) is 4.00. The van der Waals surface area contributed by atoms with Gasteiger partial charge in [0, 0.05) is 54.9 Å². The van der Waals surface area contributed by atoms with Crippen molar-refractivity contribution < 1.29 is 9.53 Å². The van der Waals surface area contributed by atoms with Crippen LogP contribution in [0.15, 0.2) is 36.5 Å². The molecule has 1 aromatic heterocycles. The molecule has 0 saturated carbocycles. The summed E-state index contributed by atoms with van der Waals surface area (Å²) < 4.78 is 5.38. The fourth-order valence-corrected chi connectivity index (χ4v) is 4.34. The van der Waals surface area contributed by atoms with Gasteiger partial charge in [-0.1, -0.05) is 38.1 Å². The molecule has 5 heteroatoms. The molecule has 1 amide bonds. The Kier molecular flexibility index (Phi) is 5.72. The molecule has 3 heterocycles. The van der Waals surface area contributed by atoms with Crippen LogP contribution in [0.1, 0.15) is 38.7 Å². The third kappa shape index (κ3) is 4.09. The zero-order valence-electron chi connectivity index (χ0n) is 17.0. The molecule has 4 rings (SSSR count). The Hall–Kier alpha value is -2.27. The van der Waals surface area contributed by atoms with E-state index in [1.165, 1.54) is 22.0 Å². The van der Waals surface area contributed by atoms with Crippen molar-refractivity contribution in [2.45, 2.75) is 39.2 Å². The third-order valence-electron chi connectivity index (χ3n) is 5.95. The lowest BCUT2D eigenvalue weighted by atomic mass is 9.96. The average Bonchev–Trinajstić information content (AvgIpc) is 3.16. The quantitative estimate of drug-likeness (QED) is 0.847. The molecule has 5 nitrogen and oxygen atoms in total. The van der Waals surface area contributed by atoms with Gasteiger partial charge in [-0.2, -0.15) is 0 Å². The van der Waals surface area contributed by atoms with Gasteiger partial charge in [-0.05, 0) is 36.8 Å². The highest BCUT2D eigenvalue weighted by Gasteiger charge is 2.28. The molecular formula is C23H31N3O2. The van der Waals surface area contributed by atoms with Gasteiger partial charge >= 0.3 is 6.09 Å². The van der Waals surface area contributed by atoms with E-state index >= 15 is 0 Å². The number of H-pyrrole nitrogens is 1. The van der Waals surface area contributed by atoms with Gasteiger partial charge in [0.25, 0.3) is 0 Å². The number of nitrogens with zero attached hydrogens (tertiary/aromatic N) is 2. The van der Waals surface area contributed by atoms with Crippen LogP contribution in [0.2, 0.25) is 0 Å². The molecule has 28 heavy (non-hydrogen) atoms. The summed E-state index contributed by atoms with van der Waals surface area (Å²) in [5.74, 6) is 0.382. The number of carbonyl (C=O) groups is 1. The number of ether oxygens (including phenoxy) is 1. The number of rotatable bonds is 4. The number of amides is 1. The van der Waals surface area contributed by atoms with E-state index in [9.17, 15) is 4.79 Å². The predicted octanol–water partition coefficient (Wildman–Crippen LogP) is 4.51. The van der Waals surface area contributed by atoms with E-state index in [0.29, 0.717) is 18.6 Å². The summed E-state index contributed by atoms with van der Waals surface area (Å²) in [6.07, 6.45) is 7.54. The fraction of sp³-hybridized carbons (Fsp3) is 0.522. The third-order valence-corrected chi connectivity index (χ3v) is 5.95. The van der Waals surface area contributed by atoms with Gasteiger partial charge in [0.05, 0.1) is 6.61 Å². The van der Waals surface area contributed by atoms with Gasteiger partial charge in [0.2, 0.25) is 0 Å². The van der Waals surface area contributed by atoms with E-state index < -0.39 is 0 Å². The number of likely N-dealkylation sites (tertiary alicyclic amines) is 1. The largest absolute Gasteiger partial charge is 0.449 e. The number of aromatic nitrogens is 1. The van der Waals surface area contributed by atoms with Crippen molar-refractivity contribution in [2.24, 2.45) is 5.92 Å². The monoisotopic (exact) mass is 381 g/mol. The minimum atomic E-state index is -0.146. The molecule has 2 aromatic rings. The molecule has 0 radical (unpaired) electrons. The van der Waals surface area contributed by atoms with Gasteiger partial charge in [-0.25, -0.2) is 4.79 Å². The number of nitrogens with one attached hydrogen (secondary N) is 1. The molecule has 0 atom stereocenters. The maximum absolute atomic E-state index is 12.1. The fourth-order valence-electron chi connectivity index (χ4n) is 4.34. The zero-order chi connectivity index (χ0) is 19.5. The summed E-state index contributed by atoms with van der Waals surface area (Å²) >= 11 is 0. The highest BCUT2D eigenvalue weighted by Crippen LogP contribution is 2.30. The second-order valence-electron chi connectivity index (χ2n) is 8.41. The first-order chi connectivity index (χ1) is 13.6.